The fourth-order valence-electron chi connectivity index (χ4n) is 2.64. The molecule has 18 heavy (non-hydrogen) atoms. The summed E-state index contributed by atoms with van der Waals surface area (Å²) in [4.78, 5) is 2.51. The summed E-state index contributed by atoms with van der Waals surface area (Å²) < 4.78 is 5.74. The standard InChI is InChI=1S/C15H24N2O/c16-9-8-14-5-4-10-17(13-14)11-12-18-15-6-2-1-3-7-15/h1-3,6-7,14H,4-5,8-13,16H2. The third-order valence-corrected chi connectivity index (χ3v) is 3.60. The van der Waals surface area contributed by atoms with Crippen molar-refractivity contribution in [2.24, 2.45) is 11.7 Å². The van der Waals surface area contributed by atoms with Crippen LogP contribution in [0.1, 0.15) is 19.3 Å². The smallest absolute Gasteiger partial charge is 0.119 e. The Bertz CT molecular complexity index is 327. The molecule has 3 nitrogen and oxygen atoms in total. The van der Waals surface area contributed by atoms with E-state index in [1.165, 1.54) is 25.9 Å². The molecule has 0 aromatic heterocycles. The van der Waals surface area contributed by atoms with Crippen LogP contribution in [0.25, 0.3) is 0 Å². The van der Waals surface area contributed by atoms with Crippen molar-refractivity contribution in [3.63, 3.8) is 0 Å². The van der Waals surface area contributed by atoms with Gasteiger partial charge in [-0.15, -0.1) is 0 Å². The minimum Gasteiger partial charge on any atom is -0.492 e. The molecule has 0 amide bonds. The Hall–Kier alpha value is -1.06. The molecule has 2 N–H and O–H groups in total. The Morgan fingerprint density at radius 1 is 1.28 bits per heavy atom. The Balaban J connectivity index is 1.67. The van der Waals surface area contributed by atoms with Crippen LogP contribution in [-0.4, -0.2) is 37.7 Å². The van der Waals surface area contributed by atoms with Gasteiger partial charge < -0.3 is 10.5 Å². The highest BCUT2D eigenvalue weighted by atomic mass is 16.5. The quantitative estimate of drug-likeness (QED) is 0.838. The van der Waals surface area contributed by atoms with E-state index in [1.807, 2.05) is 30.3 Å². The summed E-state index contributed by atoms with van der Waals surface area (Å²) in [6.07, 6.45) is 3.80. The zero-order valence-corrected chi connectivity index (χ0v) is 11.1. The molecule has 100 valence electrons. The summed E-state index contributed by atoms with van der Waals surface area (Å²) in [5.74, 6) is 1.76. The second-order valence-electron chi connectivity index (χ2n) is 5.05. The molecule has 3 heteroatoms. The molecule has 0 bridgehead atoms. The van der Waals surface area contributed by atoms with E-state index in [-0.39, 0.29) is 0 Å². The molecule has 0 saturated carbocycles. The average molecular weight is 248 g/mol. The van der Waals surface area contributed by atoms with E-state index in [1.54, 1.807) is 0 Å². The first-order valence-electron chi connectivity index (χ1n) is 6.99. The van der Waals surface area contributed by atoms with Crippen molar-refractivity contribution in [1.82, 2.24) is 4.90 Å². The number of ether oxygens (including phenoxy) is 1. The molecule has 0 spiro atoms. The Kier molecular flexibility index (Phi) is 5.49. The molecule has 1 aromatic rings. The zero-order chi connectivity index (χ0) is 12.6. The molecule has 1 fully saturated rings. The number of hydrogen-bond acceptors (Lipinski definition) is 3. The van der Waals surface area contributed by atoms with Gasteiger partial charge in [0.2, 0.25) is 0 Å². The van der Waals surface area contributed by atoms with Gasteiger partial charge in [-0.05, 0) is 50.4 Å². The number of likely N-dealkylation sites (tertiary alicyclic amines) is 1. The molecule has 1 aliphatic rings. The van der Waals surface area contributed by atoms with Crippen molar-refractivity contribution in [2.45, 2.75) is 19.3 Å². The van der Waals surface area contributed by atoms with Gasteiger partial charge in [0.25, 0.3) is 0 Å². The number of benzene rings is 1. The minimum atomic E-state index is 0.777. The van der Waals surface area contributed by atoms with Gasteiger partial charge in [0.1, 0.15) is 12.4 Å². The van der Waals surface area contributed by atoms with Gasteiger partial charge in [-0.25, -0.2) is 0 Å². The molecular formula is C15H24N2O. The number of rotatable bonds is 6. The van der Waals surface area contributed by atoms with Crippen molar-refractivity contribution in [2.75, 3.05) is 32.8 Å². The third-order valence-electron chi connectivity index (χ3n) is 3.60. The number of nitrogens with zero attached hydrogens (tertiary/aromatic N) is 1. The topological polar surface area (TPSA) is 38.5 Å². The third kappa shape index (κ3) is 4.31. The number of hydrogen-bond donors (Lipinski definition) is 1. The highest BCUT2D eigenvalue weighted by Crippen LogP contribution is 2.18. The fourth-order valence-corrected chi connectivity index (χ4v) is 2.64. The molecule has 2 rings (SSSR count). The van der Waals surface area contributed by atoms with Crippen molar-refractivity contribution in [3.8, 4) is 5.75 Å². The van der Waals surface area contributed by atoms with E-state index in [2.05, 4.69) is 4.90 Å². The number of para-hydroxylation sites is 1. The summed E-state index contributed by atoms with van der Waals surface area (Å²) in [6, 6.07) is 10.0. The Morgan fingerprint density at radius 2 is 2.11 bits per heavy atom. The Labute approximate surface area is 110 Å². The summed E-state index contributed by atoms with van der Waals surface area (Å²) >= 11 is 0. The molecule has 1 aromatic carbocycles. The van der Waals surface area contributed by atoms with Crippen LogP contribution < -0.4 is 10.5 Å². The maximum Gasteiger partial charge on any atom is 0.119 e. The highest BCUT2D eigenvalue weighted by Gasteiger charge is 2.18. The molecule has 0 aliphatic carbocycles. The lowest BCUT2D eigenvalue weighted by Crippen LogP contribution is -2.38. The lowest BCUT2D eigenvalue weighted by molar-refractivity contribution is 0.144. The van der Waals surface area contributed by atoms with Crippen LogP contribution >= 0.6 is 0 Å². The van der Waals surface area contributed by atoms with Crippen LogP contribution in [0.5, 0.6) is 5.75 Å². The first-order chi connectivity index (χ1) is 8.88. The van der Waals surface area contributed by atoms with Crippen LogP contribution in [0.3, 0.4) is 0 Å². The average Bonchev–Trinajstić information content (AvgIpc) is 2.41. The maximum atomic E-state index is 5.74. The van der Waals surface area contributed by atoms with Crippen LogP contribution in [-0.2, 0) is 0 Å². The summed E-state index contributed by atoms with van der Waals surface area (Å²) in [7, 11) is 0. The lowest BCUT2D eigenvalue weighted by Gasteiger charge is -2.32. The van der Waals surface area contributed by atoms with Gasteiger partial charge in [-0.2, -0.15) is 0 Å². The molecule has 0 radical (unpaired) electrons. The van der Waals surface area contributed by atoms with Gasteiger partial charge in [0.05, 0.1) is 0 Å². The molecule has 1 atom stereocenters. The van der Waals surface area contributed by atoms with Gasteiger partial charge >= 0.3 is 0 Å². The molecular weight excluding hydrogens is 224 g/mol. The monoisotopic (exact) mass is 248 g/mol. The lowest BCUT2D eigenvalue weighted by atomic mass is 9.95. The Morgan fingerprint density at radius 3 is 2.89 bits per heavy atom. The van der Waals surface area contributed by atoms with E-state index in [9.17, 15) is 0 Å². The first kappa shape index (κ1) is 13.4. The van der Waals surface area contributed by atoms with E-state index < -0.39 is 0 Å². The molecule has 1 heterocycles. The maximum absolute atomic E-state index is 5.74. The molecule has 1 saturated heterocycles. The predicted molar refractivity (Wildman–Crippen MR) is 74.8 cm³/mol. The first-order valence-corrected chi connectivity index (χ1v) is 6.99. The van der Waals surface area contributed by atoms with Gasteiger partial charge in [-0.3, -0.25) is 4.90 Å². The van der Waals surface area contributed by atoms with Crippen molar-refractivity contribution >= 4 is 0 Å². The summed E-state index contributed by atoms with van der Waals surface area (Å²) in [5, 5.41) is 0. The number of nitrogens with two attached hydrogens (primary N) is 1. The molecule has 1 aliphatic heterocycles. The van der Waals surface area contributed by atoms with Gasteiger partial charge in [-0.1, -0.05) is 18.2 Å². The second-order valence-corrected chi connectivity index (χ2v) is 5.05. The van der Waals surface area contributed by atoms with Crippen molar-refractivity contribution in [1.29, 1.82) is 0 Å². The summed E-state index contributed by atoms with van der Waals surface area (Å²) in [5.41, 5.74) is 5.64. The van der Waals surface area contributed by atoms with E-state index in [0.29, 0.717) is 0 Å². The van der Waals surface area contributed by atoms with Crippen LogP contribution in [0.4, 0.5) is 0 Å². The zero-order valence-electron chi connectivity index (χ0n) is 11.1. The van der Waals surface area contributed by atoms with Gasteiger partial charge in [0.15, 0.2) is 0 Å². The number of piperidine rings is 1. The van der Waals surface area contributed by atoms with Gasteiger partial charge in [0, 0.05) is 13.1 Å². The van der Waals surface area contributed by atoms with Crippen LogP contribution in [0.2, 0.25) is 0 Å². The normalized spacial score (nSPS) is 20.8. The van der Waals surface area contributed by atoms with Crippen molar-refractivity contribution in [3.05, 3.63) is 30.3 Å². The SMILES string of the molecule is NCCC1CCCN(CCOc2ccccc2)C1. The fraction of sp³-hybridized carbons (Fsp3) is 0.600. The van der Waals surface area contributed by atoms with Crippen LogP contribution in [0.15, 0.2) is 30.3 Å². The van der Waals surface area contributed by atoms with E-state index in [0.717, 1.165) is 37.8 Å². The largest absolute Gasteiger partial charge is 0.492 e. The highest BCUT2D eigenvalue weighted by molar-refractivity contribution is 5.20. The second kappa shape index (κ2) is 7.39. The molecule has 1 unspecified atom stereocenters. The minimum absolute atomic E-state index is 0.777. The summed E-state index contributed by atoms with van der Waals surface area (Å²) in [6.45, 7) is 5.02. The van der Waals surface area contributed by atoms with E-state index in [4.69, 9.17) is 10.5 Å². The van der Waals surface area contributed by atoms with E-state index >= 15 is 0 Å². The van der Waals surface area contributed by atoms with Crippen molar-refractivity contribution < 1.29 is 4.74 Å². The predicted octanol–water partition coefficient (Wildman–Crippen LogP) is 2.13. The van der Waals surface area contributed by atoms with Crippen LogP contribution in [0, 0.1) is 5.92 Å².